The predicted octanol–water partition coefficient (Wildman–Crippen LogP) is 2.27. The third-order valence-corrected chi connectivity index (χ3v) is 3.86. The van der Waals surface area contributed by atoms with Gasteiger partial charge < -0.3 is 10.1 Å². The Kier molecular flexibility index (Phi) is 3.25. The van der Waals surface area contributed by atoms with E-state index in [1.54, 1.807) is 7.11 Å². The summed E-state index contributed by atoms with van der Waals surface area (Å²) in [5, 5.41) is 7.96. The van der Waals surface area contributed by atoms with Crippen molar-refractivity contribution in [2.45, 2.75) is 19.3 Å². The van der Waals surface area contributed by atoms with Crippen LogP contribution in [-0.2, 0) is 0 Å². The lowest BCUT2D eigenvalue weighted by Gasteiger charge is -2.11. The molecule has 1 atom stereocenters. The Bertz CT molecular complexity index is 571. The van der Waals surface area contributed by atoms with E-state index < -0.39 is 0 Å². The molecule has 4 nitrogen and oxygen atoms in total. The van der Waals surface area contributed by atoms with Crippen LogP contribution in [0.5, 0.6) is 5.75 Å². The van der Waals surface area contributed by atoms with Gasteiger partial charge in [0.15, 0.2) is 0 Å². The molecule has 2 aromatic rings. The Morgan fingerprint density at radius 3 is 2.95 bits per heavy atom. The van der Waals surface area contributed by atoms with Crippen molar-refractivity contribution in [1.82, 2.24) is 15.1 Å². The molecule has 100 valence electrons. The van der Waals surface area contributed by atoms with Gasteiger partial charge in [-0.25, -0.2) is 4.68 Å². The predicted molar refractivity (Wildman–Crippen MR) is 75.1 cm³/mol. The first-order chi connectivity index (χ1) is 9.31. The van der Waals surface area contributed by atoms with Crippen molar-refractivity contribution >= 4 is 0 Å². The summed E-state index contributed by atoms with van der Waals surface area (Å²) >= 11 is 0. The number of nitrogens with zero attached hydrogens (tertiary/aromatic N) is 2. The highest BCUT2D eigenvalue weighted by molar-refractivity contribution is 5.47. The summed E-state index contributed by atoms with van der Waals surface area (Å²) in [5.41, 5.74) is 3.55. The van der Waals surface area contributed by atoms with E-state index in [0.717, 1.165) is 24.5 Å². The van der Waals surface area contributed by atoms with Gasteiger partial charge >= 0.3 is 0 Å². The Morgan fingerprint density at radius 1 is 1.37 bits per heavy atom. The smallest absolute Gasteiger partial charge is 0.144 e. The lowest BCUT2D eigenvalue weighted by molar-refractivity contribution is 0.411. The van der Waals surface area contributed by atoms with Gasteiger partial charge in [-0.2, -0.15) is 5.10 Å². The number of nitrogens with one attached hydrogen (secondary N) is 1. The Morgan fingerprint density at radius 2 is 2.21 bits per heavy atom. The van der Waals surface area contributed by atoms with Crippen molar-refractivity contribution in [3.8, 4) is 11.4 Å². The van der Waals surface area contributed by atoms with Crippen molar-refractivity contribution in [1.29, 1.82) is 0 Å². The largest absolute Gasteiger partial charge is 0.494 e. The number of benzene rings is 1. The maximum absolute atomic E-state index is 5.42. The number of aromatic nitrogens is 2. The molecule has 1 saturated heterocycles. The molecule has 0 aliphatic carbocycles. The van der Waals surface area contributed by atoms with E-state index in [1.165, 1.54) is 17.7 Å². The molecule has 1 N–H and O–H groups in total. The maximum Gasteiger partial charge on any atom is 0.144 e. The molecule has 0 radical (unpaired) electrons. The third kappa shape index (κ3) is 2.12. The summed E-state index contributed by atoms with van der Waals surface area (Å²) in [6.45, 7) is 4.29. The number of ether oxygens (including phenoxy) is 1. The van der Waals surface area contributed by atoms with Gasteiger partial charge in [-0.15, -0.1) is 0 Å². The molecule has 1 aromatic carbocycles. The molecule has 0 saturated carbocycles. The summed E-state index contributed by atoms with van der Waals surface area (Å²) in [5.74, 6) is 1.44. The average Bonchev–Trinajstić information content (AvgIpc) is 3.08. The molecule has 2 heterocycles. The van der Waals surface area contributed by atoms with Crippen LogP contribution in [0.15, 0.2) is 30.5 Å². The number of para-hydroxylation sites is 2. The Balaban J connectivity index is 2.01. The summed E-state index contributed by atoms with van der Waals surface area (Å²) in [6, 6.07) is 7.99. The van der Waals surface area contributed by atoms with E-state index in [2.05, 4.69) is 17.3 Å². The van der Waals surface area contributed by atoms with Crippen molar-refractivity contribution in [3.63, 3.8) is 0 Å². The molecule has 3 rings (SSSR count). The van der Waals surface area contributed by atoms with Crippen LogP contribution in [0.3, 0.4) is 0 Å². The van der Waals surface area contributed by atoms with E-state index in [9.17, 15) is 0 Å². The maximum atomic E-state index is 5.42. The monoisotopic (exact) mass is 257 g/mol. The molecule has 0 spiro atoms. The Hall–Kier alpha value is -1.81. The van der Waals surface area contributed by atoms with E-state index in [4.69, 9.17) is 4.74 Å². The van der Waals surface area contributed by atoms with Gasteiger partial charge in [-0.1, -0.05) is 12.1 Å². The highest BCUT2D eigenvalue weighted by Crippen LogP contribution is 2.29. The molecule has 19 heavy (non-hydrogen) atoms. The molecule has 4 heteroatoms. The van der Waals surface area contributed by atoms with Gasteiger partial charge in [0, 0.05) is 18.2 Å². The molecule has 0 amide bonds. The minimum atomic E-state index is 0.587. The van der Waals surface area contributed by atoms with Gasteiger partial charge in [0.1, 0.15) is 11.4 Å². The molecular formula is C15H19N3O. The highest BCUT2D eigenvalue weighted by atomic mass is 16.5. The quantitative estimate of drug-likeness (QED) is 0.916. The zero-order chi connectivity index (χ0) is 13.2. The summed E-state index contributed by atoms with van der Waals surface area (Å²) in [6.07, 6.45) is 3.19. The highest BCUT2D eigenvalue weighted by Gasteiger charge is 2.22. The first-order valence-corrected chi connectivity index (χ1v) is 6.70. The normalized spacial score (nSPS) is 18.7. The molecular weight excluding hydrogens is 238 g/mol. The second kappa shape index (κ2) is 5.05. The zero-order valence-electron chi connectivity index (χ0n) is 11.4. The number of rotatable bonds is 3. The van der Waals surface area contributed by atoms with E-state index in [1.807, 2.05) is 35.1 Å². The SMILES string of the molecule is COc1ccccc1-n1ncc(C2CCNC2)c1C. The fraction of sp³-hybridized carbons (Fsp3) is 0.400. The summed E-state index contributed by atoms with van der Waals surface area (Å²) in [4.78, 5) is 0. The van der Waals surface area contributed by atoms with E-state index in [0.29, 0.717) is 5.92 Å². The van der Waals surface area contributed by atoms with Crippen LogP contribution in [0.1, 0.15) is 23.6 Å². The molecule has 1 fully saturated rings. The topological polar surface area (TPSA) is 39.1 Å². The van der Waals surface area contributed by atoms with Crippen molar-refractivity contribution in [2.24, 2.45) is 0 Å². The average molecular weight is 257 g/mol. The minimum absolute atomic E-state index is 0.587. The van der Waals surface area contributed by atoms with Crippen LogP contribution < -0.4 is 10.1 Å². The molecule has 1 aliphatic rings. The van der Waals surface area contributed by atoms with Crippen molar-refractivity contribution in [2.75, 3.05) is 20.2 Å². The van der Waals surface area contributed by atoms with Crippen LogP contribution in [0.2, 0.25) is 0 Å². The van der Waals surface area contributed by atoms with Crippen LogP contribution in [0.4, 0.5) is 0 Å². The van der Waals surface area contributed by atoms with Gasteiger partial charge in [0.05, 0.1) is 13.3 Å². The van der Waals surface area contributed by atoms with Gasteiger partial charge in [-0.3, -0.25) is 0 Å². The third-order valence-electron chi connectivity index (χ3n) is 3.86. The Labute approximate surface area is 113 Å². The van der Waals surface area contributed by atoms with Crippen LogP contribution >= 0.6 is 0 Å². The molecule has 1 aromatic heterocycles. The van der Waals surface area contributed by atoms with Gasteiger partial charge in [-0.05, 0) is 37.6 Å². The molecule has 1 unspecified atom stereocenters. The fourth-order valence-corrected chi connectivity index (χ4v) is 2.79. The molecule has 1 aliphatic heterocycles. The second-order valence-corrected chi connectivity index (χ2v) is 4.96. The van der Waals surface area contributed by atoms with Crippen LogP contribution in [0.25, 0.3) is 5.69 Å². The molecule has 0 bridgehead atoms. The van der Waals surface area contributed by atoms with Gasteiger partial charge in [0.2, 0.25) is 0 Å². The first-order valence-electron chi connectivity index (χ1n) is 6.70. The lowest BCUT2D eigenvalue weighted by Crippen LogP contribution is -2.08. The van der Waals surface area contributed by atoms with Crippen LogP contribution in [0, 0.1) is 6.92 Å². The zero-order valence-corrected chi connectivity index (χ0v) is 11.4. The van der Waals surface area contributed by atoms with E-state index in [-0.39, 0.29) is 0 Å². The summed E-state index contributed by atoms with van der Waals surface area (Å²) in [7, 11) is 1.69. The number of hydrogen-bond acceptors (Lipinski definition) is 3. The number of methoxy groups -OCH3 is 1. The van der Waals surface area contributed by atoms with Crippen molar-refractivity contribution in [3.05, 3.63) is 41.7 Å². The summed E-state index contributed by atoms with van der Waals surface area (Å²) < 4.78 is 7.39. The van der Waals surface area contributed by atoms with E-state index >= 15 is 0 Å². The van der Waals surface area contributed by atoms with Gasteiger partial charge in [0.25, 0.3) is 0 Å². The lowest BCUT2D eigenvalue weighted by atomic mass is 9.99. The minimum Gasteiger partial charge on any atom is -0.494 e. The first kappa shape index (κ1) is 12.2. The van der Waals surface area contributed by atoms with Crippen LogP contribution in [-0.4, -0.2) is 30.0 Å². The second-order valence-electron chi connectivity index (χ2n) is 4.96. The van der Waals surface area contributed by atoms with Crippen molar-refractivity contribution < 1.29 is 4.74 Å². The number of hydrogen-bond donors (Lipinski definition) is 1. The fourth-order valence-electron chi connectivity index (χ4n) is 2.79. The standard InChI is InChI=1S/C15H19N3O/c1-11-13(12-7-8-16-9-12)10-17-18(11)14-5-3-4-6-15(14)19-2/h3-6,10,12,16H,7-9H2,1-2H3.